The van der Waals surface area contributed by atoms with E-state index in [0.29, 0.717) is 22.2 Å². The van der Waals surface area contributed by atoms with Crippen molar-refractivity contribution >= 4 is 32.5 Å². The molecule has 3 aromatic rings. The van der Waals surface area contributed by atoms with E-state index in [9.17, 15) is 26.4 Å². The summed E-state index contributed by atoms with van der Waals surface area (Å²) in [7, 11) is -3.97. The maximum Gasteiger partial charge on any atom is 0.416 e. The Balaban J connectivity index is 2.03. The molecule has 140 valence electrons. The van der Waals surface area contributed by atoms with Gasteiger partial charge in [0.1, 0.15) is 0 Å². The first-order chi connectivity index (χ1) is 12.5. The number of hydrogen-bond donors (Lipinski definition) is 3. The predicted octanol–water partition coefficient (Wildman–Crippen LogP) is 3.00. The van der Waals surface area contributed by atoms with Gasteiger partial charge in [0.15, 0.2) is 0 Å². The largest absolute Gasteiger partial charge is 0.416 e. The zero-order valence-electron chi connectivity index (χ0n) is 13.5. The molecule has 0 radical (unpaired) electrons. The lowest BCUT2D eigenvalue weighted by Crippen LogP contribution is -2.13. The van der Waals surface area contributed by atoms with E-state index >= 15 is 0 Å². The van der Waals surface area contributed by atoms with E-state index in [2.05, 4.69) is 10.3 Å². The number of aromatic amines is 1. The van der Waals surface area contributed by atoms with Crippen molar-refractivity contribution in [3.63, 3.8) is 0 Å². The number of carbonyl (C=O) groups excluding carboxylic acids is 1. The highest BCUT2D eigenvalue weighted by Crippen LogP contribution is 2.41. The number of fused-ring (bicyclic) bond motifs is 5. The first-order valence-corrected chi connectivity index (χ1v) is 9.27. The number of primary sulfonamides is 1. The number of nitrogens with one attached hydrogen (secondary N) is 2. The van der Waals surface area contributed by atoms with Crippen LogP contribution >= 0.6 is 0 Å². The molecule has 0 atom stereocenters. The minimum absolute atomic E-state index is 0.126. The van der Waals surface area contributed by atoms with Crippen molar-refractivity contribution in [1.82, 2.24) is 4.98 Å². The lowest BCUT2D eigenvalue weighted by Gasteiger charge is -2.12. The van der Waals surface area contributed by atoms with Crippen LogP contribution in [0.2, 0.25) is 0 Å². The zero-order valence-corrected chi connectivity index (χ0v) is 14.3. The first-order valence-electron chi connectivity index (χ1n) is 7.73. The third-order valence-corrected chi connectivity index (χ3v) is 5.34. The van der Waals surface area contributed by atoms with Crippen molar-refractivity contribution in [3.8, 4) is 11.3 Å². The molecule has 2 aromatic carbocycles. The normalized spacial score (nSPS) is 14.4. The van der Waals surface area contributed by atoms with Gasteiger partial charge in [0.25, 0.3) is 0 Å². The molecule has 10 heteroatoms. The third kappa shape index (κ3) is 2.96. The van der Waals surface area contributed by atoms with Gasteiger partial charge in [0.05, 0.1) is 28.3 Å². The SMILES string of the molecule is NS(=O)(=O)c1ccc2[nH]c3c(c2c1)CC(=O)Nc1ccc(C(F)(F)F)cc1-3. The minimum atomic E-state index is -4.54. The van der Waals surface area contributed by atoms with Gasteiger partial charge in [0.2, 0.25) is 15.9 Å². The highest BCUT2D eigenvalue weighted by molar-refractivity contribution is 7.89. The van der Waals surface area contributed by atoms with Crippen LogP contribution in [0, 0.1) is 0 Å². The monoisotopic (exact) mass is 395 g/mol. The van der Waals surface area contributed by atoms with E-state index in [1.165, 1.54) is 24.3 Å². The number of carbonyl (C=O) groups is 1. The molecule has 1 aliphatic heterocycles. The molecule has 4 rings (SSSR count). The van der Waals surface area contributed by atoms with Crippen molar-refractivity contribution < 1.29 is 26.4 Å². The molecular formula is C17H12F3N3O3S. The number of amides is 1. The van der Waals surface area contributed by atoms with Crippen LogP contribution in [0.1, 0.15) is 11.1 Å². The molecule has 0 saturated carbocycles. The second-order valence-corrected chi connectivity index (χ2v) is 7.78. The van der Waals surface area contributed by atoms with Crippen LogP contribution in [-0.4, -0.2) is 19.3 Å². The fourth-order valence-electron chi connectivity index (χ4n) is 3.21. The molecule has 2 heterocycles. The molecule has 0 bridgehead atoms. The number of rotatable bonds is 1. The van der Waals surface area contributed by atoms with Gasteiger partial charge in [-0.25, -0.2) is 13.6 Å². The summed E-state index contributed by atoms with van der Waals surface area (Å²) in [6.45, 7) is 0. The molecule has 1 aliphatic rings. The summed E-state index contributed by atoms with van der Waals surface area (Å²) < 4.78 is 62.6. The van der Waals surface area contributed by atoms with Gasteiger partial charge in [-0.1, -0.05) is 0 Å². The van der Waals surface area contributed by atoms with Gasteiger partial charge in [-0.15, -0.1) is 0 Å². The summed E-state index contributed by atoms with van der Waals surface area (Å²) in [6.07, 6.45) is -4.67. The Hall–Kier alpha value is -2.85. The van der Waals surface area contributed by atoms with Crippen molar-refractivity contribution in [2.45, 2.75) is 17.5 Å². The number of benzene rings is 2. The predicted molar refractivity (Wildman–Crippen MR) is 92.4 cm³/mol. The number of H-pyrrole nitrogens is 1. The molecule has 4 N–H and O–H groups in total. The topological polar surface area (TPSA) is 105 Å². The standard InChI is InChI=1S/C17H12F3N3O3S/c18-17(19,20)8-1-3-14-12(5-8)16-11(7-15(24)22-14)10-6-9(27(21,25)26)2-4-13(10)23-16/h1-6,23H,7H2,(H,22,24)(H2,21,25,26). The number of anilines is 1. The van der Waals surface area contributed by atoms with E-state index in [1.807, 2.05) is 0 Å². The van der Waals surface area contributed by atoms with Gasteiger partial charge >= 0.3 is 6.18 Å². The fraction of sp³-hybridized carbons (Fsp3) is 0.118. The average molecular weight is 395 g/mol. The highest BCUT2D eigenvalue weighted by atomic mass is 32.2. The Morgan fingerprint density at radius 2 is 1.81 bits per heavy atom. The van der Waals surface area contributed by atoms with Crippen molar-refractivity contribution in [2.75, 3.05) is 5.32 Å². The molecule has 27 heavy (non-hydrogen) atoms. The summed E-state index contributed by atoms with van der Waals surface area (Å²) in [5.41, 5.74) is 0.795. The Labute approximate surface area is 151 Å². The molecule has 0 fully saturated rings. The number of aromatic nitrogens is 1. The molecule has 6 nitrogen and oxygen atoms in total. The molecule has 0 saturated heterocycles. The summed E-state index contributed by atoms with van der Waals surface area (Å²) in [5.74, 6) is -0.420. The van der Waals surface area contributed by atoms with Crippen molar-refractivity contribution in [1.29, 1.82) is 0 Å². The Morgan fingerprint density at radius 3 is 2.48 bits per heavy atom. The summed E-state index contributed by atoms with van der Waals surface area (Å²) >= 11 is 0. The summed E-state index contributed by atoms with van der Waals surface area (Å²) in [5, 5.41) is 8.14. The molecule has 0 spiro atoms. The highest BCUT2D eigenvalue weighted by Gasteiger charge is 2.32. The van der Waals surface area contributed by atoms with Crippen LogP contribution in [0.4, 0.5) is 18.9 Å². The van der Waals surface area contributed by atoms with E-state index < -0.39 is 27.7 Å². The lowest BCUT2D eigenvalue weighted by atomic mass is 10.0. The Kier molecular flexibility index (Phi) is 3.62. The minimum Gasteiger partial charge on any atom is -0.354 e. The van der Waals surface area contributed by atoms with Gasteiger partial charge in [0, 0.05) is 16.5 Å². The number of halogens is 3. The van der Waals surface area contributed by atoms with Crippen LogP contribution < -0.4 is 10.5 Å². The van der Waals surface area contributed by atoms with Crippen LogP contribution in [0.5, 0.6) is 0 Å². The van der Waals surface area contributed by atoms with Crippen molar-refractivity contribution in [2.24, 2.45) is 5.14 Å². The second-order valence-electron chi connectivity index (χ2n) is 6.21. The quantitative estimate of drug-likeness (QED) is 0.590. The first kappa shape index (κ1) is 17.6. The Bertz CT molecular complexity index is 1210. The summed E-state index contributed by atoms with van der Waals surface area (Å²) in [6, 6.07) is 7.12. The van der Waals surface area contributed by atoms with Crippen LogP contribution in [-0.2, 0) is 27.4 Å². The average Bonchev–Trinajstić information content (AvgIpc) is 2.84. The Morgan fingerprint density at radius 1 is 1.07 bits per heavy atom. The van der Waals surface area contributed by atoms with E-state index in [4.69, 9.17) is 5.14 Å². The van der Waals surface area contributed by atoms with Crippen LogP contribution in [0.15, 0.2) is 41.3 Å². The number of hydrogen-bond acceptors (Lipinski definition) is 3. The molecule has 1 aromatic heterocycles. The third-order valence-electron chi connectivity index (χ3n) is 4.43. The molecule has 0 aliphatic carbocycles. The molecule has 1 amide bonds. The van der Waals surface area contributed by atoms with Crippen LogP contribution in [0.3, 0.4) is 0 Å². The zero-order chi connectivity index (χ0) is 19.6. The van der Waals surface area contributed by atoms with Gasteiger partial charge in [-0.3, -0.25) is 4.79 Å². The van der Waals surface area contributed by atoms with Gasteiger partial charge < -0.3 is 10.3 Å². The fourth-order valence-corrected chi connectivity index (χ4v) is 3.75. The van der Waals surface area contributed by atoms with E-state index in [0.717, 1.165) is 12.1 Å². The summed E-state index contributed by atoms with van der Waals surface area (Å²) in [4.78, 5) is 15.1. The maximum absolute atomic E-state index is 13.1. The smallest absolute Gasteiger partial charge is 0.354 e. The number of sulfonamides is 1. The van der Waals surface area contributed by atoms with Gasteiger partial charge in [-0.05, 0) is 42.0 Å². The van der Waals surface area contributed by atoms with Crippen LogP contribution in [0.25, 0.3) is 22.2 Å². The maximum atomic E-state index is 13.1. The lowest BCUT2D eigenvalue weighted by molar-refractivity contribution is -0.137. The number of alkyl halides is 3. The second kappa shape index (κ2) is 5.57. The van der Waals surface area contributed by atoms with Crippen molar-refractivity contribution in [3.05, 3.63) is 47.5 Å². The van der Waals surface area contributed by atoms with E-state index in [1.54, 1.807) is 0 Å². The molecule has 0 unspecified atom stereocenters. The number of nitrogens with two attached hydrogens (primary N) is 1. The van der Waals surface area contributed by atoms with Gasteiger partial charge in [-0.2, -0.15) is 13.2 Å². The molecular weight excluding hydrogens is 383 g/mol. The van der Waals surface area contributed by atoms with E-state index in [-0.39, 0.29) is 22.6 Å².